The second kappa shape index (κ2) is 7.62. The molecule has 1 aliphatic heterocycles. The Balaban J connectivity index is 1.45. The minimum Gasteiger partial charge on any atom is -0.326 e. The van der Waals surface area contributed by atoms with E-state index in [0.717, 1.165) is 5.69 Å². The molecule has 5 rings (SSSR count). The highest BCUT2D eigenvalue weighted by Gasteiger charge is 2.29. The number of fused-ring (bicyclic) bond motifs is 2. The third-order valence-electron chi connectivity index (χ3n) is 4.90. The number of carbonyl (C=O) groups excluding carboxylic acids is 1. The number of halogens is 1. The Kier molecular flexibility index (Phi) is 4.80. The number of rotatable bonds is 4. The van der Waals surface area contributed by atoms with Crippen LogP contribution < -0.4 is 10.9 Å². The van der Waals surface area contributed by atoms with Gasteiger partial charge >= 0.3 is 0 Å². The summed E-state index contributed by atoms with van der Waals surface area (Å²) in [5.41, 5.74) is 1.81. The van der Waals surface area contributed by atoms with Gasteiger partial charge in [0.05, 0.1) is 17.9 Å². The van der Waals surface area contributed by atoms with Crippen LogP contribution in [0.5, 0.6) is 0 Å². The van der Waals surface area contributed by atoms with Crippen molar-refractivity contribution in [3.63, 3.8) is 0 Å². The van der Waals surface area contributed by atoms with Gasteiger partial charge in [-0.2, -0.15) is 5.10 Å². The maximum absolute atomic E-state index is 13.2. The molecule has 2 aromatic carbocycles. The van der Waals surface area contributed by atoms with Gasteiger partial charge in [-0.25, -0.2) is 9.67 Å². The van der Waals surface area contributed by atoms with Gasteiger partial charge < -0.3 is 5.32 Å². The molecule has 1 N–H and O–H groups in total. The average molecular weight is 438 g/mol. The fourth-order valence-electron chi connectivity index (χ4n) is 3.53. The van der Waals surface area contributed by atoms with Gasteiger partial charge in [-0.1, -0.05) is 47.6 Å². The first-order chi connectivity index (χ1) is 14.6. The number of carbonyl (C=O) groups is 1. The molecule has 30 heavy (non-hydrogen) atoms. The van der Waals surface area contributed by atoms with Crippen molar-refractivity contribution in [2.45, 2.75) is 17.6 Å². The van der Waals surface area contributed by atoms with Crippen LogP contribution in [0.2, 0.25) is 5.02 Å². The molecular formula is C21H16ClN5O2S. The Labute approximate surface area is 180 Å². The fourth-order valence-corrected chi connectivity index (χ4v) is 4.85. The van der Waals surface area contributed by atoms with E-state index in [1.54, 1.807) is 33.5 Å². The molecule has 7 nitrogen and oxygen atoms in total. The van der Waals surface area contributed by atoms with Gasteiger partial charge in [0.2, 0.25) is 5.91 Å². The van der Waals surface area contributed by atoms with E-state index < -0.39 is 0 Å². The number of para-hydroxylation sites is 1. The zero-order chi connectivity index (χ0) is 20.7. The van der Waals surface area contributed by atoms with E-state index in [-0.39, 0.29) is 23.9 Å². The van der Waals surface area contributed by atoms with Crippen LogP contribution in [0.15, 0.2) is 70.7 Å². The molecule has 1 amide bonds. The number of anilines is 1. The lowest BCUT2D eigenvalue weighted by molar-refractivity contribution is -0.116. The molecule has 4 aromatic rings. The lowest BCUT2D eigenvalue weighted by atomic mass is 10.2. The maximum Gasteiger partial charge on any atom is 0.265 e. The molecular weight excluding hydrogens is 422 g/mol. The predicted octanol–water partition coefficient (Wildman–Crippen LogP) is 3.91. The van der Waals surface area contributed by atoms with Crippen LogP contribution in [0, 0.1) is 0 Å². The van der Waals surface area contributed by atoms with E-state index in [1.165, 1.54) is 18.0 Å². The summed E-state index contributed by atoms with van der Waals surface area (Å²) in [5, 5.41) is 8.78. The highest BCUT2D eigenvalue weighted by molar-refractivity contribution is 7.99. The molecule has 150 valence electrons. The number of nitrogens with zero attached hydrogens (tertiary/aromatic N) is 4. The number of nitrogens with one attached hydrogen (secondary N) is 1. The molecule has 0 aliphatic carbocycles. The van der Waals surface area contributed by atoms with Gasteiger partial charge in [0.15, 0.2) is 10.8 Å². The number of aromatic nitrogens is 4. The van der Waals surface area contributed by atoms with E-state index in [4.69, 9.17) is 11.6 Å². The molecule has 0 saturated carbocycles. The van der Waals surface area contributed by atoms with Crippen molar-refractivity contribution in [1.29, 1.82) is 0 Å². The van der Waals surface area contributed by atoms with E-state index in [1.807, 2.05) is 30.3 Å². The van der Waals surface area contributed by atoms with Gasteiger partial charge in [0.25, 0.3) is 5.56 Å². The smallest absolute Gasteiger partial charge is 0.265 e. The first kappa shape index (κ1) is 18.9. The summed E-state index contributed by atoms with van der Waals surface area (Å²) in [6, 6.07) is 16.3. The molecule has 2 aromatic heterocycles. The summed E-state index contributed by atoms with van der Waals surface area (Å²) in [5.74, 6) is 0.430. The van der Waals surface area contributed by atoms with Crippen LogP contribution in [-0.4, -0.2) is 31.0 Å². The molecule has 0 saturated heterocycles. The van der Waals surface area contributed by atoms with Gasteiger partial charge in [-0.15, -0.1) is 0 Å². The van der Waals surface area contributed by atoms with Crippen LogP contribution in [0.25, 0.3) is 16.7 Å². The van der Waals surface area contributed by atoms with Crippen LogP contribution in [-0.2, 0) is 4.79 Å². The largest absolute Gasteiger partial charge is 0.326 e. The summed E-state index contributed by atoms with van der Waals surface area (Å²) < 4.78 is 3.28. The Bertz CT molecular complexity index is 1320. The zero-order valence-electron chi connectivity index (χ0n) is 15.7. The van der Waals surface area contributed by atoms with Crippen molar-refractivity contribution in [2.24, 2.45) is 0 Å². The van der Waals surface area contributed by atoms with Crippen LogP contribution >= 0.6 is 23.4 Å². The lowest BCUT2D eigenvalue weighted by Crippen LogP contribution is -2.27. The number of hydrogen-bond acceptors (Lipinski definition) is 5. The Morgan fingerprint density at radius 1 is 1.20 bits per heavy atom. The minimum atomic E-state index is -0.270. The second-order valence-electron chi connectivity index (χ2n) is 6.93. The summed E-state index contributed by atoms with van der Waals surface area (Å²) in [6.07, 6.45) is 1.71. The summed E-state index contributed by atoms with van der Waals surface area (Å²) in [7, 11) is 0. The third-order valence-corrected chi connectivity index (χ3v) is 6.23. The fraction of sp³-hybridized carbons (Fsp3) is 0.143. The molecule has 0 radical (unpaired) electrons. The monoisotopic (exact) mass is 437 g/mol. The standard InChI is InChI=1S/C21H16ClN5O2S/c22-13-5-4-6-14(9-13)24-18(28)10-16-12-30-21-25-19-17(20(29)26(16)21)11-23-27(19)15-7-2-1-3-8-15/h1-9,11,16H,10,12H2,(H,24,28)/t16-/m0/s1. The quantitative estimate of drug-likeness (QED) is 0.489. The van der Waals surface area contributed by atoms with Crippen molar-refractivity contribution < 1.29 is 4.79 Å². The van der Waals surface area contributed by atoms with Crippen LogP contribution in [0.4, 0.5) is 5.69 Å². The van der Waals surface area contributed by atoms with Crippen molar-refractivity contribution in [3.8, 4) is 5.69 Å². The van der Waals surface area contributed by atoms with E-state index in [0.29, 0.717) is 32.7 Å². The number of amides is 1. The van der Waals surface area contributed by atoms with E-state index in [9.17, 15) is 9.59 Å². The number of hydrogen-bond donors (Lipinski definition) is 1. The normalized spacial score (nSPS) is 15.3. The number of benzene rings is 2. The molecule has 1 aliphatic rings. The minimum absolute atomic E-state index is 0.173. The van der Waals surface area contributed by atoms with Gasteiger partial charge in [-0.05, 0) is 30.3 Å². The van der Waals surface area contributed by atoms with Crippen LogP contribution in [0.3, 0.4) is 0 Å². The second-order valence-corrected chi connectivity index (χ2v) is 8.35. The predicted molar refractivity (Wildman–Crippen MR) is 118 cm³/mol. The molecule has 0 spiro atoms. The Morgan fingerprint density at radius 2 is 2.03 bits per heavy atom. The topological polar surface area (TPSA) is 81.8 Å². The maximum atomic E-state index is 13.2. The van der Waals surface area contributed by atoms with Gasteiger partial charge in [-0.3, -0.25) is 14.2 Å². The third kappa shape index (κ3) is 3.38. The van der Waals surface area contributed by atoms with Crippen LogP contribution in [0.1, 0.15) is 12.5 Å². The van der Waals surface area contributed by atoms with Gasteiger partial charge in [0.1, 0.15) is 5.39 Å². The summed E-state index contributed by atoms with van der Waals surface area (Å²) in [6.45, 7) is 0. The molecule has 1 atom stereocenters. The van der Waals surface area contributed by atoms with Crippen molar-refractivity contribution in [1.82, 2.24) is 19.3 Å². The molecule has 9 heteroatoms. The van der Waals surface area contributed by atoms with E-state index in [2.05, 4.69) is 15.4 Å². The SMILES string of the molecule is O=C(C[C@H]1CSc2nc3c(cnn3-c3ccccc3)c(=O)n21)Nc1cccc(Cl)c1. The van der Waals surface area contributed by atoms with E-state index >= 15 is 0 Å². The lowest BCUT2D eigenvalue weighted by Gasteiger charge is -2.13. The van der Waals surface area contributed by atoms with Crippen molar-refractivity contribution in [2.75, 3.05) is 11.1 Å². The Morgan fingerprint density at radius 3 is 2.83 bits per heavy atom. The zero-order valence-corrected chi connectivity index (χ0v) is 17.2. The molecule has 3 heterocycles. The molecule has 0 bridgehead atoms. The van der Waals surface area contributed by atoms with Crippen molar-refractivity contribution >= 4 is 46.0 Å². The highest BCUT2D eigenvalue weighted by atomic mass is 35.5. The molecule has 0 unspecified atom stereocenters. The van der Waals surface area contributed by atoms with Crippen molar-refractivity contribution in [3.05, 3.63) is 76.2 Å². The summed E-state index contributed by atoms with van der Waals surface area (Å²) in [4.78, 5) is 30.4. The Hall–Kier alpha value is -3.10. The summed E-state index contributed by atoms with van der Waals surface area (Å²) >= 11 is 7.44. The average Bonchev–Trinajstić information content (AvgIpc) is 3.34. The molecule has 0 fully saturated rings. The highest BCUT2D eigenvalue weighted by Crippen LogP contribution is 2.33. The van der Waals surface area contributed by atoms with Gasteiger partial charge in [0, 0.05) is 22.9 Å². The first-order valence-electron chi connectivity index (χ1n) is 9.34. The first-order valence-corrected chi connectivity index (χ1v) is 10.7. The number of thioether (sulfide) groups is 1.